The second-order valence-corrected chi connectivity index (χ2v) is 7.65. The van der Waals surface area contributed by atoms with Crippen LogP contribution in [0.15, 0.2) is 52.9 Å². The van der Waals surface area contributed by atoms with E-state index in [4.69, 9.17) is 4.42 Å². The fourth-order valence-corrected chi connectivity index (χ4v) is 4.06. The van der Waals surface area contributed by atoms with Gasteiger partial charge in [-0.3, -0.25) is 14.9 Å². The maximum atomic E-state index is 12.7. The van der Waals surface area contributed by atoms with Crippen molar-refractivity contribution in [3.63, 3.8) is 0 Å². The van der Waals surface area contributed by atoms with E-state index in [1.807, 2.05) is 48.5 Å². The Kier molecular flexibility index (Phi) is 4.32. The van der Waals surface area contributed by atoms with Gasteiger partial charge in [0.05, 0.1) is 16.6 Å². The molecule has 0 radical (unpaired) electrons. The van der Waals surface area contributed by atoms with Gasteiger partial charge >= 0.3 is 6.03 Å². The number of fused-ring (bicyclic) bond motifs is 1. The first-order valence-electron chi connectivity index (χ1n) is 9.01. The van der Waals surface area contributed by atoms with Gasteiger partial charge in [0.15, 0.2) is 5.01 Å². The third-order valence-electron chi connectivity index (χ3n) is 4.59. The van der Waals surface area contributed by atoms with E-state index in [0.717, 1.165) is 15.8 Å². The summed E-state index contributed by atoms with van der Waals surface area (Å²) in [5, 5.41) is 12.4. The molecular weight excluding hydrogens is 406 g/mol. The zero-order valence-electron chi connectivity index (χ0n) is 15.3. The fraction of sp³-hybridized carbons (Fsp3) is 0.100. The summed E-state index contributed by atoms with van der Waals surface area (Å²) in [5.41, 5.74) is 2.81. The Balaban J connectivity index is 1.38. The molecular formula is C20H13N5O4S. The van der Waals surface area contributed by atoms with Crippen molar-refractivity contribution in [2.45, 2.75) is 12.5 Å². The lowest BCUT2D eigenvalue weighted by Gasteiger charge is -2.01. The second-order valence-electron chi connectivity index (χ2n) is 6.62. The van der Waals surface area contributed by atoms with Crippen LogP contribution in [-0.4, -0.2) is 38.9 Å². The molecule has 148 valence electrons. The van der Waals surface area contributed by atoms with E-state index < -0.39 is 23.8 Å². The number of carbonyl (C=O) groups excluding carboxylic acids is 3. The average Bonchev–Trinajstić information content (AvgIpc) is 3.46. The Morgan fingerprint density at radius 2 is 1.90 bits per heavy atom. The van der Waals surface area contributed by atoms with Gasteiger partial charge in [-0.1, -0.05) is 36.4 Å². The van der Waals surface area contributed by atoms with Crippen LogP contribution in [0.3, 0.4) is 0 Å². The van der Waals surface area contributed by atoms with Crippen molar-refractivity contribution in [1.82, 2.24) is 25.8 Å². The summed E-state index contributed by atoms with van der Waals surface area (Å²) >= 11 is 1.24. The summed E-state index contributed by atoms with van der Waals surface area (Å²) in [7, 11) is 0. The predicted octanol–water partition coefficient (Wildman–Crippen LogP) is 2.33. The van der Waals surface area contributed by atoms with Crippen LogP contribution < -0.4 is 10.6 Å². The van der Waals surface area contributed by atoms with E-state index in [9.17, 15) is 14.4 Å². The number of benzene rings is 2. The van der Waals surface area contributed by atoms with Crippen molar-refractivity contribution < 1.29 is 18.8 Å². The third kappa shape index (κ3) is 3.33. The van der Waals surface area contributed by atoms with Gasteiger partial charge in [0, 0.05) is 0 Å². The minimum atomic E-state index is -0.806. The number of ketones is 1. The Bertz CT molecular complexity index is 1300. The fourth-order valence-electron chi connectivity index (χ4n) is 3.13. The molecule has 2 aromatic carbocycles. The molecule has 0 spiro atoms. The first-order chi connectivity index (χ1) is 14.6. The summed E-state index contributed by atoms with van der Waals surface area (Å²) in [5.74, 6) is -1.10. The van der Waals surface area contributed by atoms with Crippen molar-refractivity contribution >= 4 is 39.3 Å². The molecule has 30 heavy (non-hydrogen) atoms. The molecule has 1 saturated heterocycles. The number of amides is 3. The molecule has 2 aromatic heterocycles. The summed E-state index contributed by atoms with van der Waals surface area (Å²) in [6, 6.07) is 14.3. The molecule has 1 atom stereocenters. The van der Waals surface area contributed by atoms with E-state index in [2.05, 4.69) is 25.8 Å². The van der Waals surface area contributed by atoms with E-state index in [-0.39, 0.29) is 23.2 Å². The van der Waals surface area contributed by atoms with Crippen molar-refractivity contribution in [2.75, 3.05) is 0 Å². The van der Waals surface area contributed by atoms with Crippen molar-refractivity contribution in [3.05, 3.63) is 65.3 Å². The van der Waals surface area contributed by atoms with Gasteiger partial charge in [-0.25, -0.2) is 9.78 Å². The predicted molar refractivity (Wildman–Crippen MR) is 107 cm³/mol. The Labute approximate surface area is 173 Å². The van der Waals surface area contributed by atoms with Crippen LogP contribution in [0.5, 0.6) is 0 Å². The molecule has 0 aliphatic carbocycles. The van der Waals surface area contributed by atoms with E-state index >= 15 is 0 Å². The normalized spacial score (nSPS) is 15.9. The minimum absolute atomic E-state index is 0.00185. The van der Waals surface area contributed by atoms with E-state index in [1.165, 1.54) is 11.3 Å². The Morgan fingerprint density at radius 1 is 1.07 bits per heavy atom. The summed E-state index contributed by atoms with van der Waals surface area (Å²) < 4.78 is 6.26. The number of nitrogens with zero attached hydrogens (tertiary/aromatic N) is 3. The number of imide groups is 1. The van der Waals surface area contributed by atoms with Gasteiger partial charge < -0.3 is 9.73 Å². The number of carbonyl (C=O) groups is 3. The first-order valence-corrected chi connectivity index (χ1v) is 9.83. The largest absolute Gasteiger partial charge is 0.418 e. The number of hydrogen-bond donors (Lipinski definition) is 2. The first kappa shape index (κ1) is 18.1. The molecule has 0 saturated carbocycles. The lowest BCUT2D eigenvalue weighted by Crippen LogP contribution is -2.31. The van der Waals surface area contributed by atoms with Gasteiger partial charge in [-0.05, 0) is 23.3 Å². The molecule has 3 heterocycles. The van der Waals surface area contributed by atoms with Gasteiger partial charge in [-0.2, -0.15) is 0 Å². The Hall–Kier alpha value is -3.92. The summed E-state index contributed by atoms with van der Waals surface area (Å²) in [6.07, 6.45) is -0.00185. The second kappa shape index (κ2) is 7.16. The highest BCUT2D eigenvalue weighted by Gasteiger charge is 2.31. The molecule has 1 unspecified atom stereocenters. The number of rotatable bonds is 5. The topological polar surface area (TPSA) is 127 Å². The highest BCUT2D eigenvalue weighted by molar-refractivity contribution is 7.20. The SMILES string of the molecule is O=C1NC(=O)C(Cc2nnc(C(=O)c3nc4ccc(-c5ccccc5)cc4s3)o2)N1. The quantitative estimate of drug-likeness (QED) is 0.375. The zero-order chi connectivity index (χ0) is 20.7. The zero-order valence-corrected chi connectivity index (χ0v) is 16.1. The van der Waals surface area contributed by atoms with Gasteiger partial charge in [0.25, 0.3) is 17.6 Å². The molecule has 10 heteroatoms. The number of nitrogens with one attached hydrogen (secondary N) is 2. The van der Waals surface area contributed by atoms with E-state index in [0.29, 0.717) is 5.52 Å². The van der Waals surface area contributed by atoms with Crippen LogP contribution >= 0.6 is 11.3 Å². The van der Waals surface area contributed by atoms with Crippen molar-refractivity contribution in [3.8, 4) is 11.1 Å². The molecule has 3 amide bonds. The third-order valence-corrected chi connectivity index (χ3v) is 5.61. The maximum Gasteiger partial charge on any atom is 0.322 e. The Morgan fingerprint density at radius 3 is 2.67 bits per heavy atom. The number of aromatic nitrogens is 3. The lowest BCUT2D eigenvalue weighted by atomic mass is 10.1. The van der Waals surface area contributed by atoms with Crippen LogP contribution in [-0.2, 0) is 11.2 Å². The molecule has 1 aliphatic rings. The average molecular weight is 419 g/mol. The molecule has 1 fully saturated rings. The standard InChI is InChI=1S/C20H13N5O4S/c26-16(18-25-24-15(29-18)9-13-17(27)23-20(28)22-13)19-21-12-7-6-11(8-14(12)30-19)10-4-2-1-3-5-10/h1-8,13H,9H2,(H2,22,23,27,28). The highest BCUT2D eigenvalue weighted by Crippen LogP contribution is 2.29. The highest BCUT2D eigenvalue weighted by atomic mass is 32.1. The molecule has 2 N–H and O–H groups in total. The smallest absolute Gasteiger partial charge is 0.322 e. The summed E-state index contributed by atoms with van der Waals surface area (Å²) in [4.78, 5) is 39.9. The van der Waals surface area contributed by atoms with Crippen LogP contribution in [0.4, 0.5) is 4.79 Å². The van der Waals surface area contributed by atoms with Crippen molar-refractivity contribution in [2.24, 2.45) is 0 Å². The molecule has 0 bridgehead atoms. The number of thiazole rings is 1. The molecule has 4 aromatic rings. The van der Waals surface area contributed by atoms with Crippen molar-refractivity contribution in [1.29, 1.82) is 0 Å². The van der Waals surface area contributed by atoms with Gasteiger partial charge in [0.2, 0.25) is 5.89 Å². The molecule has 1 aliphatic heterocycles. The monoisotopic (exact) mass is 419 g/mol. The van der Waals surface area contributed by atoms with E-state index in [1.54, 1.807) is 0 Å². The minimum Gasteiger partial charge on any atom is -0.418 e. The van der Waals surface area contributed by atoms with Crippen LogP contribution in [0.1, 0.15) is 21.6 Å². The lowest BCUT2D eigenvalue weighted by molar-refractivity contribution is -0.120. The van der Waals surface area contributed by atoms with Crippen LogP contribution in [0.2, 0.25) is 0 Å². The maximum absolute atomic E-state index is 12.7. The summed E-state index contributed by atoms with van der Waals surface area (Å²) in [6.45, 7) is 0. The van der Waals surface area contributed by atoms with Gasteiger partial charge in [-0.15, -0.1) is 21.5 Å². The number of hydrogen-bond acceptors (Lipinski definition) is 8. The molecule has 9 nitrogen and oxygen atoms in total. The van der Waals surface area contributed by atoms with Gasteiger partial charge in [0.1, 0.15) is 6.04 Å². The number of urea groups is 1. The molecule has 5 rings (SSSR count). The van der Waals surface area contributed by atoms with Crippen LogP contribution in [0, 0.1) is 0 Å². The van der Waals surface area contributed by atoms with Crippen LogP contribution in [0.25, 0.3) is 21.3 Å².